The van der Waals surface area contributed by atoms with Crippen molar-refractivity contribution in [3.8, 4) is 0 Å². The van der Waals surface area contributed by atoms with Gasteiger partial charge in [0, 0.05) is 24.3 Å². The van der Waals surface area contributed by atoms with Gasteiger partial charge in [0.1, 0.15) is 0 Å². The Hall–Kier alpha value is -0.0500. The fourth-order valence-corrected chi connectivity index (χ4v) is 3.74. The molecule has 1 saturated carbocycles. The van der Waals surface area contributed by atoms with Gasteiger partial charge in [-0.1, -0.05) is 41.6 Å². The van der Waals surface area contributed by atoms with Crippen molar-refractivity contribution in [2.24, 2.45) is 11.8 Å². The Morgan fingerprint density at radius 1 is 1.00 bits per heavy atom. The number of halogens is 1. The van der Waals surface area contributed by atoms with Gasteiger partial charge < -0.3 is 4.90 Å². The van der Waals surface area contributed by atoms with Gasteiger partial charge in [0.25, 0.3) is 0 Å². The van der Waals surface area contributed by atoms with Gasteiger partial charge in [-0.3, -0.25) is 4.79 Å². The predicted octanol–water partition coefficient (Wildman–Crippen LogP) is 3.59. The molecule has 1 heterocycles. The fraction of sp³-hybridized carbons (Fsp3) is 0.929. The Labute approximate surface area is 113 Å². The molecule has 1 aliphatic carbocycles. The van der Waals surface area contributed by atoms with E-state index < -0.39 is 0 Å². The molecule has 0 aromatic carbocycles. The van der Waals surface area contributed by atoms with Gasteiger partial charge in [-0.2, -0.15) is 0 Å². The molecule has 2 aliphatic rings. The predicted molar refractivity (Wildman–Crippen MR) is 74.3 cm³/mol. The summed E-state index contributed by atoms with van der Waals surface area (Å²) >= 11 is 3.55. The van der Waals surface area contributed by atoms with Crippen LogP contribution in [0.1, 0.15) is 51.4 Å². The molecule has 0 aromatic rings. The number of hydrogen-bond acceptors (Lipinski definition) is 1. The van der Waals surface area contributed by atoms with Crippen LogP contribution in [0.15, 0.2) is 0 Å². The summed E-state index contributed by atoms with van der Waals surface area (Å²) in [5.74, 6) is 1.59. The Bertz CT molecular complexity index is 241. The second-order valence-corrected chi connectivity index (χ2v) is 6.26. The minimum absolute atomic E-state index is 0.345. The maximum Gasteiger partial charge on any atom is 0.225 e. The minimum atomic E-state index is 0.345. The second-order valence-electron chi connectivity index (χ2n) is 5.61. The highest BCUT2D eigenvalue weighted by atomic mass is 79.9. The van der Waals surface area contributed by atoms with Crippen molar-refractivity contribution >= 4 is 21.8 Å². The molecule has 0 aromatic heterocycles. The van der Waals surface area contributed by atoms with Gasteiger partial charge in [-0.25, -0.2) is 0 Å². The zero-order valence-corrected chi connectivity index (χ0v) is 12.3. The molecule has 0 bridgehead atoms. The molecule has 0 unspecified atom stereocenters. The summed E-state index contributed by atoms with van der Waals surface area (Å²) < 4.78 is 0. The Morgan fingerprint density at radius 3 is 2.12 bits per heavy atom. The maximum atomic E-state index is 12.4. The van der Waals surface area contributed by atoms with E-state index in [0.717, 1.165) is 37.2 Å². The molecule has 0 N–H and O–H groups in total. The molecule has 0 atom stereocenters. The van der Waals surface area contributed by atoms with E-state index >= 15 is 0 Å². The zero-order valence-electron chi connectivity index (χ0n) is 10.7. The van der Waals surface area contributed by atoms with E-state index in [2.05, 4.69) is 20.8 Å². The molecular formula is C14H24BrNO. The number of nitrogens with zero attached hydrogens (tertiary/aromatic N) is 1. The number of piperidine rings is 1. The van der Waals surface area contributed by atoms with Crippen LogP contribution in [0.5, 0.6) is 0 Å². The topological polar surface area (TPSA) is 20.3 Å². The quantitative estimate of drug-likeness (QED) is 0.564. The average molecular weight is 302 g/mol. The maximum absolute atomic E-state index is 12.4. The molecule has 1 aliphatic heterocycles. The first-order valence-electron chi connectivity index (χ1n) is 7.16. The van der Waals surface area contributed by atoms with E-state index in [4.69, 9.17) is 0 Å². The Balaban J connectivity index is 1.82. The highest BCUT2D eigenvalue weighted by Gasteiger charge is 2.28. The molecule has 2 rings (SSSR count). The monoisotopic (exact) mass is 301 g/mol. The van der Waals surface area contributed by atoms with Crippen molar-refractivity contribution in [3.63, 3.8) is 0 Å². The van der Waals surface area contributed by atoms with Crippen LogP contribution in [0.4, 0.5) is 0 Å². The van der Waals surface area contributed by atoms with Crippen LogP contribution in [0.3, 0.4) is 0 Å². The largest absolute Gasteiger partial charge is 0.342 e. The van der Waals surface area contributed by atoms with Crippen molar-refractivity contribution in [2.45, 2.75) is 51.4 Å². The minimum Gasteiger partial charge on any atom is -0.342 e. The number of likely N-dealkylation sites (tertiary alicyclic amines) is 1. The first-order valence-corrected chi connectivity index (χ1v) is 8.28. The number of alkyl halides is 1. The smallest absolute Gasteiger partial charge is 0.225 e. The lowest BCUT2D eigenvalue weighted by atomic mass is 9.94. The summed E-state index contributed by atoms with van der Waals surface area (Å²) in [6, 6.07) is 0. The molecule has 98 valence electrons. The number of rotatable bonds is 2. The molecule has 1 saturated heterocycles. The summed E-state index contributed by atoms with van der Waals surface area (Å²) in [6.07, 6.45) is 9.81. The lowest BCUT2D eigenvalue weighted by molar-refractivity contribution is -0.137. The van der Waals surface area contributed by atoms with Crippen LogP contribution in [-0.2, 0) is 4.79 Å². The first-order chi connectivity index (χ1) is 8.31. The highest BCUT2D eigenvalue weighted by Crippen LogP contribution is 2.27. The summed E-state index contributed by atoms with van der Waals surface area (Å²) in [6.45, 7) is 1.98. The van der Waals surface area contributed by atoms with Gasteiger partial charge in [0.15, 0.2) is 0 Å². The van der Waals surface area contributed by atoms with Crippen molar-refractivity contribution in [1.82, 2.24) is 4.90 Å². The normalized spacial score (nSPS) is 24.6. The number of hydrogen-bond donors (Lipinski definition) is 0. The lowest BCUT2D eigenvalue weighted by Crippen LogP contribution is -2.42. The Kier molecular flexibility index (Phi) is 5.33. The summed E-state index contributed by atoms with van der Waals surface area (Å²) in [5.41, 5.74) is 0. The van der Waals surface area contributed by atoms with Gasteiger partial charge >= 0.3 is 0 Å². The van der Waals surface area contributed by atoms with Gasteiger partial charge in [0.2, 0.25) is 5.91 Å². The molecule has 2 nitrogen and oxygen atoms in total. The van der Waals surface area contributed by atoms with E-state index in [0.29, 0.717) is 11.8 Å². The lowest BCUT2D eigenvalue weighted by Gasteiger charge is -2.33. The molecule has 0 radical (unpaired) electrons. The van der Waals surface area contributed by atoms with Crippen LogP contribution in [0, 0.1) is 11.8 Å². The number of carbonyl (C=O) groups excluding carboxylic acids is 1. The molecule has 1 amide bonds. The van der Waals surface area contributed by atoms with Gasteiger partial charge in [-0.05, 0) is 31.6 Å². The third kappa shape index (κ3) is 3.70. The van der Waals surface area contributed by atoms with Crippen LogP contribution in [-0.4, -0.2) is 29.2 Å². The first kappa shape index (κ1) is 13.4. The van der Waals surface area contributed by atoms with Crippen LogP contribution >= 0.6 is 15.9 Å². The molecule has 17 heavy (non-hydrogen) atoms. The van der Waals surface area contributed by atoms with E-state index in [1.807, 2.05) is 0 Å². The van der Waals surface area contributed by atoms with Gasteiger partial charge in [0.05, 0.1) is 0 Å². The standard InChI is InChI=1S/C14H24BrNO/c15-11-12-7-9-16(10-8-12)14(17)13-5-3-1-2-4-6-13/h12-13H,1-11H2. The van der Waals surface area contributed by atoms with E-state index in [9.17, 15) is 4.79 Å². The molecule has 3 heteroatoms. The van der Waals surface area contributed by atoms with Crippen molar-refractivity contribution in [1.29, 1.82) is 0 Å². The average Bonchev–Trinajstić information content (AvgIpc) is 2.67. The second kappa shape index (κ2) is 6.77. The van der Waals surface area contributed by atoms with Crippen molar-refractivity contribution < 1.29 is 4.79 Å². The van der Waals surface area contributed by atoms with Crippen molar-refractivity contribution in [3.05, 3.63) is 0 Å². The SMILES string of the molecule is O=C(C1CCCCCC1)N1CCC(CBr)CC1. The van der Waals surface area contributed by atoms with Crippen LogP contribution in [0.2, 0.25) is 0 Å². The van der Waals surface area contributed by atoms with Gasteiger partial charge in [-0.15, -0.1) is 0 Å². The zero-order chi connectivity index (χ0) is 12.1. The fourth-order valence-electron chi connectivity index (χ4n) is 3.09. The third-order valence-corrected chi connectivity index (χ3v) is 5.26. The van der Waals surface area contributed by atoms with E-state index in [1.165, 1.54) is 38.5 Å². The molecule has 2 fully saturated rings. The Morgan fingerprint density at radius 2 is 1.59 bits per heavy atom. The van der Waals surface area contributed by atoms with Crippen LogP contribution < -0.4 is 0 Å². The summed E-state index contributed by atoms with van der Waals surface area (Å²) in [7, 11) is 0. The molecule has 0 spiro atoms. The number of amides is 1. The summed E-state index contributed by atoms with van der Waals surface area (Å²) in [4.78, 5) is 14.5. The molecular weight excluding hydrogens is 278 g/mol. The van der Waals surface area contributed by atoms with E-state index in [1.54, 1.807) is 0 Å². The third-order valence-electron chi connectivity index (χ3n) is 4.35. The van der Waals surface area contributed by atoms with Crippen molar-refractivity contribution in [2.75, 3.05) is 18.4 Å². The summed E-state index contributed by atoms with van der Waals surface area (Å²) in [5, 5.41) is 1.10. The van der Waals surface area contributed by atoms with E-state index in [-0.39, 0.29) is 0 Å². The number of carbonyl (C=O) groups is 1. The highest BCUT2D eigenvalue weighted by molar-refractivity contribution is 9.09. The van der Waals surface area contributed by atoms with Crippen LogP contribution in [0.25, 0.3) is 0 Å².